The smallest absolute Gasteiger partial charge is 0.286 e. The van der Waals surface area contributed by atoms with Gasteiger partial charge in [-0.1, -0.05) is 53.2 Å². The van der Waals surface area contributed by atoms with E-state index in [2.05, 4.69) is 16.6 Å². The van der Waals surface area contributed by atoms with Gasteiger partial charge in [0.1, 0.15) is 28.5 Å². The van der Waals surface area contributed by atoms with Crippen LogP contribution < -0.4 is 4.74 Å². The highest BCUT2D eigenvalue weighted by molar-refractivity contribution is 6.05. The molecule has 7 heteroatoms. The molecule has 0 saturated carbocycles. The fourth-order valence-corrected chi connectivity index (χ4v) is 3.09. The van der Waals surface area contributed by atoms with E-state index in [1.807, 2.05) is 40.7 Å². The maximum absolute atomic E-state index is 13.4. The van der Waals surface area contributed by atoms with Crippen molar-refractivity contribution in [1.29, 1.82) is 0 Å². The van der Waals surface area contributed by atoms with Crippen LogP contribution in [0.2, 0.25) is 0 Å². The van der Waals surface area contributed by atoms with Gasteiger partial charge in [-0.3, -0.25) is 14.8 Å². The Morgan fingerprint density at radius 2 is 1.82 bits per heavy atom. The van der Waals surface area contributed by atoms with Crippen LogP contribution in [-0.4, -0.2) is 27.2 Å². The fraction of sp³-hybridized carbons (Fsp3) is 0.519. The summed E-state index contributed by atoms with van der Waals surface area (Å²) in [5.41, 5.74) is -1.01. The Morgan fingerprint density at radius 1 is 1.21 bits per heavy atom. The predicted octanol–water partition coefficient (Wildman–Crippen LogP) is 7.32. The van der Waals surface area contributed by atoms with Gasteiger partial charge in [0, 0.05) is 19.5 Å². The molecule has 1 rings (SSSR count). The number of halogens is 2. The number of aromatic nitrogens is 1. The Balaban J connectivity index is 0.00000160. The van der Waals surface area contributed by atoms with Crippen LogP contribution in [0.25, 0.3) is 0 Å². The third-order valence-electron chi connectivity index (χ3n) is 4.73. The van der Waals surface area contributed by atoms with E-state index in [0.717, 1.165) is 19.8 Å². The Morgan fingerprint density at radius 3 is 2.18 bits per heavy atom. The van der Waals surface area contributed by atoms with Gasteiger partial charge in [0.05, 0.1) is 6.20 Å². The summed E-state index contributed by atoms with van der Waals surface area (Å²) >= 11 is 0. The van der Waals surface area contributed by atoms with E-state index in [0.29, 0.717) is 42.9 Å². The second-order valence-electron chi connectivity index (χ2n) is 7.86. The van der Waals surface area contributed by atoms with E-state index in [1.54, 1.807) is 12.3 Å². The third kappa shape index (κ3) is 11.0. The van der Waals surface area contributed by atoms with Crippen molar-refractivity contribution in [3.8, 4) is 5.75 Å². The number of nitrogens with zero attached hydrogens (tertiary/aromatic N) is 2. The minimum atomic E-state index is -3.01. The van der Waals surface area contributed by atoms with Crippen LogP contribution >= 0.6 is 0 Å². The molecule has 34 heavy (non-hydrogen) atoms. The normalized spacial score (nSPS) is 12.9. The zero-order valence-electron chi connectivity index (χ0n) is 21.4. The first-order valence-electron chi connectivity index (χ1n) is 11.8. The molecule has 0 spiro atoms. The Bertz CT molecular complexity index is 832. The lowest BCUT2D eigenvalue weighted by Gasteiger charge is -2.30. The molecule has 5 nitrogen and oxygen atoms in total. The number of hydrogen-bond donors (Lipinski definition) is 1. The molecule has 0 aliphatic rings. The van der Waals surface area contributed by atoms with Gasteiger partial charge in [0.25, 0.3) is 5.92 Å². The van der Waals surface area contributed by atoms with Crippen molar-refractivity contribution in [2.24, 2.45) is 4.99 Å². The highest BCUT2D eigenvalue weighted by atomic mass is 19.3. The fourth-order valence-electron chi connectivity index (χ4n) is 3.09. The quantitative estimate of drug-likeness (QED) is 0.183. The van der Waals surface area contributed by atoms with Crippen molar-refractivity contribution in [2.75, 3.05) is 0 Å². The summed E-state index contributed by atoms with van der Waals surface area (Å²) in [6, 6.07) is 2.70. The summed E-state index contributed by atoms with van der Waals surface area (Å²) in [7, 11) is 0. The minimum absolute atomic E-state index is 0.106. The molecule has 0 atom stereocenters. The number of rotatable bonds is 13. The molecule has 0 aliphatic carbocycles. The molecule has 190 valence electrons. The van der Waals surface area contributed by atoms with E-state index < -0.39 is 11.5 Å². The molecule has 0 aromatic carbocycles. The zero-order valence-corrected chi connectivity index (χ0v) is 21.4. The van der Waals surface area contributed by atoms with Crippen molar-refractivity contribution >= 4 is 11.5 Å². The molecule has 1 aromatic rings. The van der Waals surface area contributed by atoms with Gasteiger partial charge in [0.2, 0.25) is 0 Å². The number of allylic oxidation sites excluding steroid dienone is 3. The van der Waals surface area contributed by atoms with E-state index in [-0.39, 0.29) is 11.5 Å². The van der Waals surface area contributed by atoms with E-state index in [9.17, 15) is 18.7 Å². The molecular formula is C27H40F2N2O3. The highest BCUT2D eigenvalue weighted by Gasteiger charge is 2.35. The first-order chi connectivity index (χ1) is 16.0. The summed E-state index contributed by atoms with van der Waals surface area (Å²) in [5.74, 6) is -2.17. The van der Waals surface area contributed by atoms with Crippen LogP contribution in [0.3, 0.4) is 0 Å². The van der Waals surface area contributed by atoms with Gasteiger partial charge in [-0.15, -0.1) is 0 Å². The van der Waals surface area contributed by atoms with Crippen molar-refractivity contribution in [3.63, 3.8) is 0 Å². The standard InChI is InChI=1S/C22H32F2N2O2.C5H8O/c1-6-10-18(28-17-11-12-19(26-16-17)21(5,23)24)20(25-15-9-4)22(27,13-7-2)14-8-3;1-3-5(6)4-2/h9-12,15-16,27H,6-8,13-14H2,1-5H3;3H,1,4H2,2H3/b15-9-,18-10-,25-20+;. The number of ether oxygens (including phenoxy) is 1. The summed E-state index contributed by atoms with van der Waals surface area (Å²) in [6.07, 6.45) is 11.7. The monoisotopic (exact) mass is 478 g/mol. The van der Waals surface area contributed by atoms with Crippen LogP contribution in [0, 0.1) is 0 Å². The summed E-state index contributed by atoms with van der Waals surface area (Å²) < 4.78 is 32.7. The van der Waals surface area contributed by atoms with E-state index >= 15 is 0 Å². The predicted molar refractivity (Wildman–Crippen MR) is 135 cm³/mol. The van der Waals surface area contributed by atoms with E-state index in [1.165, 1.54) is 24.4 Å². The molecule has 0 unspecified atom stereocenters. The molecule has 0 aliphatic heterocycles. The molecule has 0 radical (unpaired) electrons. The number of pyridine rings is 1. The first kappa shape index (κ1) is 31.3. The maximum Gasteiger partial charge on any atom is 0.286 e. The topological polar surface area (TPSA) is 71.8 Å². The van der Waals surface area contributed by atoms with Gasteiger partial charge in [0.15, 0.2) is 5.78 Å². The maximum atomic E-state index is 13.4. The van der Waals surface area contributed by atoms with Gasteiger partial charge in [-0.25, -0.2) is 0 Å². The first-order valence-corrected chi connectivity index (χ1v) is 11.8. The lowest BCUT2D eigenvalue weighted by Crippen LogP contribution is -2.40. The lowest BCUT2D eigenvalue weighted by atomic mass is 9.86. The molecule has 0 bridgehead atoms. The van der Waals surface area contributed by atoms with Gasteiger partial charge in [-0.05, 0) is 50.5 Å². The Hall–Kier alpha value is -2.67. The summed E-state index contributed by atoms with van der Waals surface area (Å²) in [4.78, 5) is 18.3. The van der Waals surface area contributed by atoms with Gasteiger partial charge >= 0.3 is 0 Å². The van der Waals surface area contributed by atoms with Crippen LogP contribution in [0.5, 0.6) is 5.75 Å². The van der Waals surface area contributed by atoms with Crippen LogP contribution in [0.15, 0.2) is 60.1 Å². The second kappa shape index (κ2) is 16.0. The average Bonchev–Trinajstić information content (AvgIpc) is 2.79. The number of ketones is 1. The molecule has 1 aromatic heterocycles. The van der Waals surface area contributed by atoms with Crippen molar-refractivity contribution in [2.45, 2.75) is 91.6 Å². The molecular weight excluding hydrogens is 438 g/mol. The van der Waals surface area contributed by atoms with Gasteiger partial charge < -0.3 is 9.84 Å². The van der Waals surface area contributed by atoms with Crippen molar-refractivity contribution in [3.05, 3.63) is 60.8 Å². The SMILES string of the molecule is C=CC(=O)CC.C\C=C/N=C(\C(=C\CC)Oc1ccc(C(C)(F)F)nc1)C(O)(CCC)CCC. The molecule has 0 saturated heterocycles. The molecule has 0 fully saturated rings. The molecule has 1 heterocycles. The van der Waals surface area contributed by atoms with Crippen LogP contribution in [0.4, 0.5) is 8.78 Å². The lowest BCUT2D eigenvalue weighted by molar-refractivity contribution is -0.114. The largest absolute Gasteiger partial charge is 0.454 e. The van der Waals surface area contributed by atoms with Crippen molar-refractivity contribution < 1.29 is 23.4 Å². The van der Waals surface area contributed by atoms with Crippen molar-refractivity contribution in [1.82, 2.24) is 4.98 Å². The molecule has 0 amide bonds. The number of aliphatic hydroxyl groups is 1. The summed E-state index contributed by atoms with van der Waals surface area (Å²) in [6.45, 7) is 13.7. The van der Waals surface area contributed by atoms with Crippen LogP contribution in [-0.2, 0) is 10.7 Å². The van der Waals surface area contributed by atoms with Crippen LogP contribution in [0.1, 0.15) is 85.8 Å². The number of aliphatic imine (C=N–C) groups is 1. The van der Waals surface area contributed by atoms with Gasteiger partial charge in [-0.2, -0.15) is 8.78 Å². The number of alkyl halides is 2. The minimum Gasteiger partial charge on any atom is -0.454 e. The summed E-state index contributed by atoms with van der Waals surface area (Å²) in [5, 5.41) is 11.3. The second-order valence-corrected chi connectivity index (χ2v) is 7.86. The third-order valence-corrected chi connectivity index (χ3v) is 4.73. The number of carbonyl (C=O) groups excluding carboxylic acids is 1. The Labute approximate surface area is 203 Å². The highest BCUT2D eigenvalue weighted by Crippen LogP contribution is 2.29. The zero-order chi connectivity index (χ0) is 26.2. The number of carbonyl (C=O) groups is 1. The Kier molecular flexibility index (Phi) is 14.8. The van der Waals surface area contributed by atoms with E-state index in [4.69, 9.17) is 4.74 Å². The average molecular weight is 479 g/mol. The number of hydrogen-bond acceptors (Lipinski definition) is 5. The molecule has 1 N–H and O–H groups in total.